The van der Waals surface area contributed by atoms with Crippen molar-refractivity contribution in [2.45, 2.75) is 72.1 Å². The number of aryl methyl sites for hydroxylation is 1. The molecular formula is C45H44N4. The zero-order valence-corrected chi connectivity index (χ0v) is 29.7. The van der Waals surface area contributed by atoms with Gasteiger partial charge in [-0.05, 0) is 73.9 Å². The van der Waals surface area contributed by atoms with Gasteiger partial charge in [0.05, 0.1) is 38.8 Å². The molecule has 0 aliphatic heterocycles. The zero-order chi connectivity index (χ0) is 34.1. The van der Waals surface area contributed by atoms with Crippen LogP contribution in [0.2, 0.25) is 0 Å². The first-order valence-electron chi connectivity index (χ1n) is 17.6. The van der Waals surface area contributed by atoms with E-state index in [4.69, 9.17) is 9.97 Å². The first-order valence-corrected chi connectivity index (χ1v) is 17.6. The summed E-state index contributed by atoms with van der Waals surface area (Å²) in [7, 11) is 0. The molecule has 49 heavy (non-hydrogen) atoms. The van der Waals surface area contributed by atoms with E-state index < -0.39 is 0 Å². The van der Waals surface area contributed by atoms with E-state index in [2.05, 4.69) is 173 Å². The second-order valence-corrected chi connectivity index (χ2v) is 14.9. The molecule has 0 amide bonds. The number of pyridine rings is 2. The monoisotopic (exact) mass is 640 g/mol. The van der Waals surface area contributed by atoms with Gasteiger partial charge in [0.1, 0.15) is 0 Å². The van der Waals surface area contributed by atoms with Gasteiger partial charge < -0.3 is 9.13 Å². The molecule has 0 aliphatic carbocycles. The number of para-hydroxylation sites is 2. The summed E-state index contributed by atoms with van der Waals surface area (Å²) in [6.07, 6.45) is 2.05. The quantitative estimate of drug-likeness (QED) is 0.174. The molecule has 0 spiro atoms. The molecule has 8 aromatic rings. The van der Waals surface area contributed by atoms with Gasteiger partial charge in [0, 0.05) is 44.2 Å². The first-order chi connectivity index (χ1) is 23.6. The van der Waals surface area contributed by atoms with Crippen molar-refractivity contribution in [3.8, 4) is 22.5 Å². The van der Waals surface area contributed by atoms with Gasteiger partial charge in [0.2, 0.25) is 0 Å². The maximum Gasteiger partial charge on any atom is 0.0967 e. The minimum atomic E-state index is -0.0131. The van der Waals surface area contributed by atoms with Crippen LogP contribution in [0.3, 0.4) is 0 Å². The molecule has 0 radical (unpaired) electrons. The highest BCUT2D eigenvalue weighted by Crippen LogP contribution is 2.40. The van der Waals surface area contributed by atoms with Crippen molar-refractivity contribution in [1.82, 2.24) is 19.1 Å². The lowest BCUT2D eigenvalue weighted by Crippen LogP contribution is -2.17. The van der Waals surface area contributed by atoms with E-state index in [0.29, 0.717) is 0 Å². The van der Waals surface area contributed by atoms with E-state index >= 15 is 0 Å². The molecule has 0 saturated heterocycles. The fourth-order valence-electron chi connectivity index (χ4n) is 7.21. The highest BCUT2D eigenvalue weighted by atomic mass is 15.0. The third kappa shape index (κ3) is 4.96. The molecule has 0 saturated carbocycles. The molecule has 0 atom stereocenters. The largest absolute Gasteiger partial charge is 0.308 e. The Morgan fingerprint density at radius 2 is 1.08 bits per heavy atom. The Hall–Kier alpha value is -5.22. The molecular weight excluding hydrogens is 597 g/mol. The molecule has 0 unspecified atom stereocenters. The van der Waals surface area contributed by atoms with Gasteiger partial charge in [-0.25, -0.2) is 9.97 Å². The van der Waals surface area contributed by atoms with E-state index in [9.17, 15) is 0 Å². The molecule has 4 nitrogen and oxygen atoms in total. The standard InChI is InChI=1S/C45H44N4/c1-8-44(4,5)40-25-23-37-42(46-40)33-17-10-12-19-35(33)48(37)31-21-22-32(30-16-14-15-29(3)27-30)39(28-31)49-36-20-13-11-18-34(36)43-38(49)24-26-41(47-43)45(6,7)9-2/h10-28H,8-9H2,1-7H3. The van der Waals surface area contributed by atoms with Gasteiger partial charge >= 0.3 is 0 Å². The van der Waals surface area contributed by atoms with Crippen LogP contribution < -0.4 is 0 Å². The highest BCUT2D eigenvalue weighted by molar-refractivity contribution is 6.09. The second kappa shape index (κ2) is 11.4. The molecule has 0 N–H and O–H groups in total. The summed E-state index contributed by atoms with van der Waals surface area (Å²) in [5, 5.41) is 2.33. The van der Waals surface area contributed by atoms with Crippen molar-refractivity contribution >= 4 is 43.9 Å². The van der Waals surface area contributed by atoms with Crippen molar-refractivity contribution in [3.05, 3.63) is 132 Å². The summed E-state index contributed by atoms with van der Waals surface area (Å²) in [4.78, 5) is 10.7. The van der Waals surface area contributed by atoms with Crippen molar-refractivity contribution < 1.29 is 0 Å². The molecule has 4 aromatic carbocycles. The summed E-state index contributed by atoms with van der Waals surface area (Å²) in [6, 6.07) is 42.1. The van der Waals surface area contributed by atoms with E-state index in [1.807, 2.05) is 0 Å². The zero-order valence-electron chi connectivity index (χ0n) is 29.7. The van der Waals surface area contributed by atoms with E-state index in [-0.39, 0.29) is 10.8 Å². The Bertz CT molecular complexity index is 2540. The van der Waals surface area contributed by atoms with Crippen molar-refractivity contribution in [1.29, 1.82) is 0 Å². The van der Waals surface area contributed by atoms with Gasteiger partial charge in [0.25, 0.3) is 0 Å². The molecule has 0 bridgehead atoms. The Kier molecular flexibility index (Phi) is 7.26. The number of benzene rings is 4. The molecule has 8 rings (SSSR count). The predicted octanol–water partition coefficient (Wildman–Crippen LogP) is 12.0. The number of aromatic nitrogens is 4. The fraction of sp³-hybridized carbons (Fsp3) is 0.244. The number of fused-ring (bicyclic) bond motifs is 6. The molecule has 0 aliphatic rings. The lowest BCUT2D eigenvalue weighted by Gasteiger charge is -2.22. The van der Waals surface area contributed by atoms with Crippen LogP contribution in [0.25, 0.3) is 66.4 Å². The summed E-state index contributed by atoms with van der Waals surface area (Å²) < 4.78 is 4.81. The average Bonchev–Trinajstić information content (AvgIpc) is 3.63. The van der Waals surface area contributed by atoms with E-state index in [1.165, 1.54) is 27.5 Å². The molecule has 0 fully saturated rings. The first kappa shape index (κ1) is 31.1. The fourth-order valence-corrected chi connectivity index (χ4v) is 7.21. The van der Waals surface area contributed by atoms with E-state index in [0.717, 1.165) is 68.7 Å². The average molecular weight is 641 g/mol. The molecule has 244 valence electrons. The van der Waals surface area contributed by atoms with Crippen LogP contribution in [0.15, 0.2) is 115 Å². The predicted molar refractivity (Wildman–Crippen MR) is 208 cm³/mol. The number of nitrogens with zero attached hydrogens (tertiary/aromatic N) is 4. The van der Waals surface area contributed by atoms with Crippen LogP contribution in [0.4, 0.5) is 0 Å². The summed E-state index contributed by atoms with van der Waals surface area (Å²) in [5.41, 5.74) is 14.7. The van der Waals surface area contributed by atoms with Crippen LogP contribution in [0.5, 0.6) is 0 Å². The minimum Gasteiger partial charge on any atom is -0.308 e. The second-order valence-electron chi connectivity index (χ2n) is 14.9. The number of hydrogen-bond acceptors (Lipinski definition) is 2. The van der Waals surface area contributed by atoms with Gasteiger partial charge in [-0.3, -0.25) is 0 Å². The van der Waals surface area contributed by atoms with Gasteiger partial charge in [-0.2, -0.15) is 0 Å². The smallest absolute Gasteiger partial charge is 0.0967 e. The molecule has 4 aromatic heterocycles. The summed E-state index contributed by atoms with van der Waals surface area (Å²) in [5.74, 6) is 0. The number of rotatable bonds is 7. The maximum absolute atomic E-state index is 5.36. The molecule has 4 heterocycles. The number of hydrogen-bond donors (Lipinski definition) is 0. The molecule has 4 heteroatoms. The SMILES string of the molecule is CCC(C)(C)c1ccc2c(n1)c1ccccc1n2-c1ccc(-c2cccc(C)c2)c(-n2c3ccccc3c3nc(C(C)(C)CC)ccc32)c1. The van der Waals surface area contributed by atoms with Crippen molar-refractivity contribution in [2.75, 3.05) is 0 Å². The normalized spacial score (nSPS) is 12.6. The lowest BCUT2D eigenvalue weighted by atomic mass is 9.86. The Morgan fingerprint density at radius 3 is 1.65 bits per heavy atom. The van der Waals surface area contributed by atoms with Crippen LogP contribution in [-0.4, -0.2) is 19.1 Å². The Morgan fingerprint density at radius 1 is 0.531 bits per heavy atom. The van der Waals surface area contributed by atoms with Crippen molar-refractivity contribution in [3.63, 3.8) is 0 Å². The third-order valence-corrected chi connectivity index (χ3v) is 11.0. The third-order valence-electron chi connectivity index (χ3n) is 11.0. The maximum atomic E-state index is 5.36. The Labute approximate surface area is 289 Å². The minimum absolute atomic E-state index is 0.00317. The lowest BCUT2D eigenvalue weighted by molar-refractivity contribution is 0.492. The summed E-state index contributed by atoms with van der Waals surface area (Å²) >= 11 is 0. The highest BCUT2D eigenvalue weighted by Gasteiger charge is 2.25. The topological polar surface area (TPSA) is 35.6 Å². The van der Waals surface area contributed by atoms with Crippen LogP contribution >= 0.6 is 0 Å². The van der Waals surface area contributed by atoms with Crippen molar-refractivity contribution in [2.24, 2.45) is 0 Å². The summed E-state index contributed by atoms with van der Waals surface area (Å²) in [6.45, 7) is 15.8. The van der Waals surface area contributed by atoms with E-state index in [1.54, 1.807) is 0 Å². The van der Waals surface area contributed by atoms with Gasteiger partial charge in [-0.1, -0.05) is 114 Å². The van der Waals surface area contributed by atoms with Gasteiger partial charge in [0.15, 0.2) is 0 Å². The Balaban J connectivity index is 1.45. The van der Waals surface area contributed by atoms with Crippen LogP contribution in [0, 0.1) is 6.92 Å². The van der Waals surface area contributed by atoms with Gasteiger partial charge in [-0.15, -0.1) is 0 Å². The van der Waals surface area contributed by atoms with Crippen LogP contribution in [0.1, 0.15) is 71.3 Å². The van der Waals surface area contributed by atoms with Crippen LogP contribution in [-0.2, 0) is 10.8 Å².